The first-order valence-corrected chi connectivity index (χ1v) is 7.91. The van der Waals surface area contributed by atoms with E-state index in [2.05, 4.69) is 10.6 Å². The van der Waals surface area contributed by atoms with Crippen molar-refractivity contribution in [2.75, 3.05) is 6.54 Å². The van der Waals surface area contributed by atoms with Crippen molar-refractivity contribution in [3.05, 3.63) is 35.9 Å². The Balaban J connectivity index is 2.37. The first kappa shape index (κ1) is 20.3. The molecule has 3 amide bonds. The quantitative estimate of drug-likeness (QED) is 0.690. The minimum atomic E-state index is -0.960. The summed E-state index contributed by atoms with van der Waals surface area (Å²) >= 11 is 0. The summed E-state index contributed by atoms with van der Waals surface area (Å²) in [7, 11) is 0. The van der Waals surface area contributed by atoms with Gasteiger partial charge in [0, 0.05) is 6.54 Å². The molecule has 1 aromatic carbocycles. The van der Waals surface area contributed by atoms with Crippen molar-refractivity contribution in [3.8, 4) is 0 Å². The van der Waals surface area contributed by atoms with Crippen LogP contribution in [0.15, 0.2) is 30.3 Å². The maximum absolute atomic E-state index is 11.8. The van der Waals surface area contributed by atoms with Crippen molar-refractivity contribution in [3.63, 3.8) is 0 Å². The standard InChI is InChI=1S/C17H25N3O5/c1-17(2,3)25-15(22)19-10-9-13(14(18)21)20-16(23)24-11-12-7-5-4-6-8-12/h4-8,13H,9-11H2,1-3H3,(H2,18,21)(H,19,22)(H,20,23). The average Bonchev–Trinajstić information content (AvgIpc) is 2.51. The molecule has 138 valence electrons. The third-order valence-electron chi connectivity index (χ3n) is 2.95. The minimum Gasteiger partial charge on any atom is -0.445 e. The molecular formula is C17H25N3O5. The lowest BCUT2D eigenvalue weighted by Gasteiger charge is -2.20. The Morgan fingerprint density at radius 2 is 1.76 bits per heavy atom. The number of carbonyl (C=O) groups is 3. The van der Waals surface area contributed by atoms with Crippen LogP contribution in [0.3, 0.4) is 0 Å². The maximum Gasteiger partial charge on any atom is 0.408 e. The molecule has 1 aromatic rings. The summed E-state index contributed by atoms with van der Waals surface area (Å²) in [6.07, 6.45) is -1.25. The van der Waals surface area contributed by atoms with Crippen LogP contribution in [-0.4, -0.2) is 36.3 Å². The molecule has 0 saturated carbocycles. The van der Waals surface area contributed by atoms with E-state index in [-0.39, 0.29) is 19.6 Å². The summed E-state index contributed by atoms with van der Waals surface area (Å²) in [5, 5.41) is 4.88. The van der Waals surface area contributed by atoms with Gasteiger partial charge in [0.15, 0.2) is 0 Å². The Morgan fingerprint density at radius 3 is 2.32 bits per heavy atom. The van der Waals surface area contributed by atoms with Crippen LogP contribution in [0.2, 0.25) is 0 Å². The summed E-state index contributed by atoms with van der Waals surface area (Å²) in [5.74, 6) is -0.720. The smallest absolute Gasteiger partial charge is 0.408 e. The van der Waals surface area contributed by atoms with Crippen LogP contribution in [0.1, 0.15) is 32.8 Å². The summed E-state index contributed by atoms with van der Waals surface area (Å²) in [6, 6.07) is 8.16. The van der Waals surface area contributed by atoms with E-state index in [1.165, 1.54) is 0 Å². The maximum atomic E-state index is 11.8. The van der Waals surface area contributed by atoms with E-state index < -0.39 is 29.7 Å². The van der Waals surface area contributed by atoms with Gasteiger partial charge in [-0.25, -0.2) is 9.59 Å². The van der Waals surface area contributed by atoms with Crippen molar-refractivity contribution in [2.24, 2.45) is 5.73 Å². The Kier molecular flexibility index (Phi) is 7.71. The van der Waals surface area contributed by atoms with Gasteiger partial charge in [0.2, 0.25) is 5.91 Å². The molecule has 8 nitrogen and oxygen atoms in total. The first-order chi connectivity index (χ1) is 11.7. The van der Waals surface area contributed by atoms with E-state index in [1.807, 2.05) is 30.3 Å². The molecular weight excluding hydrogens is 326 g/mol. The van der Waals surface area contributed by atoms with E-state index >= 15 is 0 Å². The Hall–Kier alpha value is -2.77. The second kappa shape index (κ2) is 9.51. The molecule has 0 heterocycles. The highest BCUT2D eigenvalue weighted by atomic mass is 16.6. The van der Waals surface area contributed by atoms with Gasteiger partial charge in [-0.2, -0.15) is 0 Å². The lowest BCUT2D eigenvalue weighted by Crippen LogP contribution is -2.46. The number of hydrogen-bond acceptors (Lipinski definition) is 5. The van der Waals surface area contributed by atoms with Crippen molar-refractivity contribution in [1.29, 1.82) is 0 Å². The predicted octanol–water partition coefficient (Wildman–Crippen LogP) is 1.68. The van der Waals surface area contributed by atoms with Crippen LogP contribution < -0.4 is 16.4 Å². The van der Waals surface area contributed by atoms with E-state index in [4.69, 9.17) is 15.2 Å². The molecule has 0 aromatic heterocycles. The molecule has 0 saturated heterocycles. The van der Waals surface area contributed by atoms with E-state index in [0.717, 1.165) is 5.56 Å². The number of primary amides is 1. The number of benzene rings is 1. The number of alkyl carbamates (subject to hydrolysis) is 2. The van der Waals surface area contributed by atoms with Crippen LogP contribution in [-0.2, 0) is 20.9 Å². The SMILES string of the molecule is CC(C)(C)OC(=O)NCCC(NC(=O)OCc1ccccc1)C(N)=O. The average molecular weight is 351 g/mol. The number of hydrogen-bond donors (Lipinski definition) is 3. The summed E-state index contributed by atoms with van der Waals surface area (Å²) in [4.78, 5) is 34.7. The fourth-order valence-electron chi connectivity index (χ4n) is 1.83. The largest absolute Gasteiger partial charge is 0.445 e. The Bertz CT molecular complexity index is 584. The van der Waals surface area contributed by atoms with Crippen molar-refractivity contribution in [1.82, 2.24) is 10.6 Å². The molecule has 0 spiro atoms. The zero-order chi connectivity index (χ0) is 18.9. The molecule has 1 rings (SSSR count). The molecule has 0 aliphatic heterocycles. The number of ether oxygens (including phenoxy) is 2. The molecule has 25 heavy (non-hydrogen) atoms. The number of nitrogens with one attached hydrogen (secondary N) is 2. The number of carbonyl (C=O) groups excluding carboxylic acids is 3. The van der Waals surface area contributed by atoms with Gasteiger partial charge in [-0.05, 0) is 32.8 Å². The molecule has 8 heteroatoms. The highest BCUT2D eigenvalue weighted by Gasteiger charge is 2.20. The van der Waals surface area contributed by atoms with Crippen molar-refractivity contribution in [2.45, 2.75) is 45.4 Å². The molecule has 0 aliphatic carbocycles. The first-order valence-electron chi connectivity index (χ1n) is 7.91. The van der Waals surface area contributed by atoms with Gasteiger partial charge >= 0.3 is 12.2 Å². The van der Waals surface area contributed by atoms with Gasteiger partial charge in [0.1, 0.15) is 18.2 Å². The van der Waals surface area contributed by atoms with Crippen molar-refractivity contribution < 1.29 is 23.9 Å². The van der Waals surface area contributed by atoms with E-state index in [0.29, 0.717) is 0 Å². The molecule has 0 bridgehead atoms. The monoisotopic (exact) mass is 351 g/mol. The highest BCUT2D eigenvalue weighted by Crippen LogP contribution is 2.06. The van der Waals surface area contributed by atoms with Crippen LogP contribution in [0, 0.1) is 0 Å². The highest BCUT2D eigenvalue weighted by molar-refractivity contribution is 5.84. The van der Waals surface area contributed by atoms with Crippen molar-refractivity contribution >= 4 is 18.1 Å². The predicted molar refractivity (Wildman–Crippen MR) is 91.6 cm³/mol. The third kappa shape index (κ3) is 9.19. The van der Waals surface area contributed by atoms with Gasteiger partial charge in [0.05, 0.1) is 0 Å². The molecule has 0 radical (unpaired) electrons. The molecule has 4 N–H and O–H groups in total. The minimum absolute atomic E-state index is 0.0777. The van der Waals surface area contributed by atoms with E-state index in [9.17, 15) is 14.4 Å². The Labute approximate surface area is 147 Å². The third-order valence-corrected chi connectivity index (χ3v) is 2.95. The molecule has 1 unspecified atom stereocenters. The topological polar surface area (TPSA) is 120 Å². The van der Waals surface area contributed by atoms with Gasteiger partial charge in [0.25, 0.3) is 0 Å². The molecule has 0 aliphatic rings. The molecule has 1 atom stereocenters. The molecule has 0 fully saturated rings. The summed E-state index contributed by atoms with van der Waals surface area (Å²) < 4.78 is 10.1. The van der Waals surface area contributed by atoms with Gasteiger partial charge < -0.3 is 25.8 Å². The number of amides is 3. The van der Waals surface area contributed by atoms with Crippen LogP contribution in [0.25, 0.3) is 0 Å². The van der Waals surface area contributed by atoms with Crippen LogP contribution in [0.5, 0.6) is 0 Å². The fourth-order valence-corrected chi connectivity index (χ4v) is 1.83. The van der Waals surface area contributed by atoms with E-state index in [1.54, 1.807) is 20.8 Å². The Morgan fingerprint density at radius 1 is 1.12 bits per heavy atom. The van der Waals surface area contributed by atoms with Crippen LogP contribution in [0.4, 0.5) is 9.59 Å². The van der Waals surface area contributed by atoms with Gasteiger partial charge in [-0.1, -0.05) is 30.3 Å². The zero-order valence-corrected chi connectivity index (χ0v) is 14.7. The fraction of sp³-hybridized carbons (Fsp3) is 0.471. The summed E-state index contributed by atoms with van der Waals surface area (Å²) in [6.45, 7) is 5.41. The second-order valence-corrected chi connectivity index (χ2v) is 6.38. The van der Waals surface area contributed by atoms with Gasteiger partial charge in [-0.15, -0.1) is 0 Å². The second-order valence-electron chi connectivity index (χ2n) is 6.38. The lowest BCUT2D eigenvalue weighted by atomic mass is 10.2. The number of nitrogens with two attached hydrogens (primary N) is 1. The van der Waals surface area contributed by atoms with Gasteiger partial charge in [-0.3, -0.25) is 4.79 Å². The zero-order valence-electron chi connectivity index (χ0n) is 14.7. The number of rotatable bonds is 7. The lowest BCUT2D eigenvalue weighted by molar-refractivity contribution is -0.120. The normalized spacial score (nSPS) is 12.0. The summed E-state index contributed by atoms with van der Waals surface area (Å²) in [5.41, 5.74) is 5.46. The van der Waals surface area contributed by atoms with Crippen LogP contribution >= 0.6 is 0 Å².